The molecule has 10 heteroatoms. The van der Waals surface area contributed by atoms with Gasteiger partial charge in [0.05, 0.1) is 9.82 Å². The van der Waals surface area contributed by atoms with Gasteiger partial charge in [0.25, 0.3) is 15.7 Å². The van der Waals surface area contributed by atoms with Gasteiger partial charge < -0.3 is 5.32 Å². The van der Waals surface area contributed by atoms with Gasteiger partial charge in [0.15, 0.2) is 5.11 Å². The summed E-state index contributed by atoms with van der Waals surface area (Å²) >= 11 is 4.90. The summed E-state index contributed by atoms with van der Waals surface area (Å²) in [4.78, 5) is 11.8. The van der Waals surface area contributed by atoms with Crippen LogP contribution in [0.15, 0.2) is 29.2 Å². The first-order chi connectivity index (χ1) is 9.86. The molecular weight excluding hydrogens is 316 g/mol. The minimum absolute atomic E-state index is 0.137. The second-order valence-electron chi connectivity index (χ2n) is 4.09. The van der Waals surface area contributed by atoms with Crippen molar-refractivity contribution in [2.45, 2.75) is 24.7 Å². The third-order valence-corrected chi connectivity index (χ3v) is 3.95. The van der Waals surface area contributed by atoms with Crippen molar-refractivity contribution in [3.63, 3.8) is 0 Å². The standard InChI is InChI=1S/C11H16N4O4S2/c1-2-3-7-12-11(20)13-14-21(18,19)10-6-4-5-9(8-10)15(16)17/h4-6,8,14H,2-3,7H2,1H3,(H2,12,13,20). The first kappa shape index (κ1) is 17.3. The minimum Gasteiger partial charge on any atom is -0.362 e. The molecule has 0 aliphatic carbocycles. The molecule has 0 saturated carbocycles. The highest BCUT2D eigenvalue weighted by Gasteiger charge is 2.17. The van der Waals surface area contributed by atoms with E-state index < -0.39 is 14.9 Å². The van der Waals surface area contributed by atoms with Crippen molar-refractivity contribution >= 4 is 33.0 Å². The van der Waals surface area contributed by atoms with Gasteiger partial charge in [-0.1, -0.05) is 19.4 Å². The highest BCUT2D eigenvalue weighted by atomic mass is 32.2. The average molecular weight is 332 g/mol. The van der Waals surface area contributed by atoms with E-state index in [-0.39, 0.29) is 15.7 Å². The fourth-order valence-corrected chi connectivity index (χ4v) is 2.47. The second-order valence-corrected chi connectivity index (χ2v) is 6.19. The third-order valence-electron chi connectivity index (χ3n) is 2.45. The lowest BCUT2D eigenvalue weighted by atomic mass is 10.3. The van der Waals surface area contributed by atoms with Crippen molar-refractivity contribution in [3.8, 4) is 0 Å². The van der Waals surface area contributed by atoms with Gasteiger partial charge in [-0.2, -0.15) is 0 Å². The number of hydrazine groups is 1. The molecule has 1 rings (SSSR count). The van der Waals surface area contributed by atoms with Crippen molar-refractivity contribution in [1.82, 2.24) is 15.6 Å². The molecule has 3 N–H and O–H groups in total. The summed E-state index contributed by atoms with van der Waals surface area (Å²) in [5.41, 5.74) is 2.04. The number of nitro benzene ring substituents is 1. The van der Waals surface area contributed by atoms with E-state index >= 15 is 0 Å². The highest BCUT2D eigenvalue weighted by molar-refractivity contribution is 7.89. The van der Waals surface area contributed by atoms with Crippen LogP contribution in [0.1, 0.15) is 19.8 Å². The molecule has 21 heavy (non-hydrogen) atoms. The Bertz CT molecular complexity index is 618. The van der Waals surface area contributed by atoms with Crippen molar-refractivity contribution in [3.05, 3.63) is 34.4 Å². The molecule has 0 atom stereocenters. The van der Waals surface area contributed by atoms with E-state index in [4.69, 9.17) is 12.2 Å². The number of hydrogen-bond acceptors (Lipinski definition) is 5. The molecule has 0 saturated heterocycles. The zero-order valence-electron chi connectivity index (χ0n) is 11.3. The number of nitro groups is 1. The number of rotatable bonds is 7. The molecule has 0 aromatic heterocycles. The Labute approximate surface area is 128 Å². The maximum Gasteiger partial charge on any atom is 0.270 e. The maximum atomic E-state index is 12.0. The van der Waals surface area contributed by atoms with Crippen LogP contribution in [0, 0.1) is 10.1 Å². The van der Waals surface area contributed by atoms with Gasteiger partial charge in [0.2, 0.25) is 0 Å². The van der Waals surface area contributed by atoms with E-state index in [0.717, 1.165) is 18.9 Å². The fourth-order valence-electron chi connectivity index (χ4n) is 1.36. The molecular formula is C11H16N4O4S2. The van der Waals surface area contributed by atoms with Gasteiger partial charge in [0, 0.05) is 18.7 Å². The van der Waals surface area contributed by atoms with Gasteiger partial charge in [0.1, 0.15) is 0 Å². The van der Waals surface area contributed by atoms with Crippen LogP contribution in [0.25, 0.3) is 0 Å². The number of nitrogens with one attached hydrogen (secondary N) is 3. The van der Waals surface area contributed by atoms with E-state index in [9.17, 15) is 18.5 Å². The van der Waals surface area contributed by atoms with E-state index in [1.807, 2.05) is 6.92 Å². The van der Waals surface area contributed by atoms with Crippen molar-refractivity contribution in [2.24, 2.45) is 0 Å². The number of hydrogen-bond donors (Lipinski definition) is 3. The van der Waals surface area contributed by atoms with Gasteiger partial charge in [-0.3, -0.25) is 15.5 Å². The average Bonchev–Trinajstić information content (AvgIpc) is 2.45. The molecule has 0 amide bonds. The SMILES string of the molecule is CCCCNC(=S)NNS(=O)(=O)c1cccc([N+](=O)[O-])c1. The Kier molecular flexibility index (Phi) is 6.46. The zero-order chi connectivity index (χ0) is 15.9. The third kappa shape index (κ3) is 5.61. The highest BCUT2D eigenvalue weighted by Crippen LogP contribution is 2.16. The number of sulfonamides is 1. The Morgan fingerprint density at radius 3 is 2.76 bits per heavy atom. The van der Waals surface area contributed by atoms with Crippen LogP contribution in [-0.2, 0) is 10.0 Å². The first-order valence-corrected chi connectivity index (χ1v) is 8.06. The molecule has 0 aliphatic rings. The number of nitrogens with zero attached hydrogens (tertiary/aromatic N) is 1. The normalized spacial score (nSPS) is 10.9. The van der Waals surface area contributed by atoms with Gasteiger partial charge in [-0.05, 0) is 24.7 Å². The lowest BCUT2D eigenvalue weighted by molar-refractivity contribution is -0.385. The van der Waals surface area contributed by atoms with Crippen LogP contribution < -0.4 is 15.6 Å². The molecule has 0 bridgehead atoms. The van der Waals surface area contributed by atoms with Crippen LogP contribution in [0.5, 0.6) is 0 Å². The summed E-state index contributed by atoms with van der Waals surface area (Å²) < 4.78 is 23.9. The van der Waals surface area contributed by atoms with E-state index in [1.165, 1.54) is 18.2 Å². The summed E-state index contributed by atoms with van der Waals surface area (Å²) in [6.45, 7) is 2.64. The van der Waals surface area contributed by atoms with Gasteiger partial charge >= 0.3 is 0 Å². The van der Waals surface area contributed by atoms with Crippen LogP contribution in [0.3, 0.4) is 0 Å². The van der Waals surface area contributed by atoms with Crippen LogP contribution in [-0.4, -0.2) is 25.0 Å². The number of non-ortho nitro benzene ring substituents is 1. The van der Waals surface area contributed by atoms with Crippen molar-refractivity contribution < 1.29 is 13.3 Å². The number of unbranched alkanes of at least 4 members (excludes halogenated alkanes) is 1. The molecule has 0 unspecified atom stereocenters. The molecule has 116 valence electrons. The zero-order valence-corrected chi connectivity index (χ0v) is 13.0. The Morgan fingerprint density at radius 2 is 2.14 bits per heavy atom. The van der Waals surface area contributed by atoms with Gasteiger partial charge in [-0.15, -0.1) is 4.83 Å². The lowest BCUT2D eigenvalue weighted by Crippen LogP contribution is -2.46. The van der Waals surface area contributed by atoms with Crippen LogP contribution >= 0.6 is 12.2 Å². The monoisotopic (exact) mass is 332 g/mol. The fraction of sp³-hybridized carbons (Fsp3) is 0.364. The smallest absolute Gasteiger partial charge is 0.270 e. The summed E-state index contributed by atoms with van der Waals surface area (Å²) in [5, 5.41) is 13.6. The Balaban J connectivity index is 2.67. The molecule has 0 fully saturated rings. The largest absolute Gasteiger partial charge is 0.362 e. The first-order valence-electron chi connectivity index (χ1n) is 6.17. The maximum absolute atomic E-state index is 12.0. The number of thiocarbonyl (C=S) groups is 1. The lowest BCUT2D eigenvalue weighted by Gasteiger charge is -2.11. The summed E-state index contributed by atoms with van der Waals surface area (Å²) in [6, 6.07) is 4.73. The summed E-state index contributed by atoms with van der Waals surface area (Å²) in [7, 11) is -3.94. The molecule has 0 heterocycles. The predicted octanol–water partition coefficient (Wildman–Crippen LogP) is 1.05. The molecule has 0 spiro atoms. The number of benzene rings is 1. The molecule has 0 radical (unpaired) electrons. The van der Waals surface area contributed by atoms with Crippen molar-refractivity contribution in [1.29, 1.82) is 0 Å². The van der Waals surface area contributed by atoms with Crippen LogP contribution in [0.4, 0.5) is 5.69 Å². The summed E-state index contributed by atoms with van der Waals surface area (Å²) in [6.07, 6.45) is 1.88. The van der Waals surface area contributed by atoms with Crippen LogP contribution in [0.2, 0.25) is 0 Å². The summed E-state index contributed by atoms with van der Waals surface area (Å²) in [5.74, 6) is 0. The van der Waals surface area contributed by atoms with E-state index in [0.29, 0.717) is 6.54 Å². The molecule has 1 aromatic carbocycles. The van der Waals surface area contributed by atoms with E-state index in [1.54, 1.807) is 0 Å². The quantitative estimate of drug-likeness (QED) is 0.296. The van der Waals surface area contributed by atoms with Crippen molar-refractivity contribution in [2.75, 3.05) is 6.54 Å². The topological polar surface area (TPSA) is 113 Å². The molecule has 1 aromatic rings. The Morgan fingerprint density at radius 1 is 1.43 bits per heavy atom. The van der Waals surface area contributed by atoms with Gasteiger partial charge in [-0.25, -0.2) is 8.42 Å². The molecule has 0 aliphatic heterocycles. The van der Waals surface area contributed by atoms with E-state index in [2.05, 4.69) is 15.6 Å². The second kappa shape index (κ2) is 7.86. The molecule has 8 nitrogen and oxygen atoms in total. The predicted molar refractivity (Wildman–Crippen MR) is 82.1 cm³/mol. The Hall–Kier alpha value is -1.78. The minimum atomic E-state index is -3.94.